The zero-order valence-electron chi connectivity index (χ0n) is 13.0. The molecule has 1 aromatic heterocycles. The third-order valence-electron chi connectivity index (χ3n) is 3.99. The summed E-state index contributed by atoms with van der Waals surface area (Å²) in [6, 6.07) is 11.9. The van der Waals surface area contributed by atoms with Gasteiger partial charge in [-0.25, -0.2) is 0 Å². The van der Waals surface area contributed by atoms with Crippen LogP contribution in [0.4, 0.5) is 0 Å². The summed E-state index contributed by atoms with van der Waals surface area (Å²) >= 11 is 0. The number of rotatable bonds is 5. The molecule has 1 saturated heterocycles. The summed E-state index contributed by atoms with van der Waals surface area (Å²) < 4.78 is 7.84. The van der Waals surface area contributed by atoms with E-state index in [4.69, 9.17) is 10.00 Å². The second-order valence-electron chi connectivity index (χ2n) is 5.77. The predicted octanol–water partition coefficient (Wildman–Crippen LogP) is 2.31. The van der Waals surface area contributed by atoms with Gasteiger partial charge < -0.3 is 4.74 Å². The summed E-state index contributed by atoms with van der Waals surface area (Å²) in [5, 5.41) is 13.3. The van der Waals surface area contributed by atoms with Gasteiger partial charge in [0.15, 0.2) is 0 Å². The van der Waals surface area contributed by atoms with Crippen LogP contribution in [0.1, 0.15) is 23.0 Å². The lowest BCUT2D eigenvalue weighted by Gasteiger charge is -2.39. The van der Waals surface area contributed by atoms with E-state index in [1.165, 1.54) is 5.69 Å². The minimum atomic E-state index is 0.489. The van der Waals surface area contributed by atoms with Crippen molar-refractivity contribution in [2.75, 3.05) is 26.2 Å². The highest BCUT2D eigenvalue weighted by Crippen LogP contribution is 2.22. The molecule has 22 heavy (non-hydrogen) atoms. The largest absolute Gasteiger partial charge is 0.492 e. The van der Waals surface area contributed by atoms with Gasteiger partial charge in [-0.05, 0) is 44.2 Å². The second-order valence-corrected chi connectivity index (χ2v) is 5.77. The molecule has 1 aromatic carbocycles. The minimum absolute atomic E-state index is 0.489. The molecule has 5 nitrogen and oxygen atoms in total. The first-order valence-electron chi connectivity index (χ1n) is 7.54. The highest BCUT2D eigenvalue weighted by molar-refractivity contribution is 5.34. The lowest BCUT2D eigenvalue weighted by molar-refractivity contribution is 0.0805. The number of nitriles is 1. The lowest BCUT2D eigenvalue weighted by atomic mass is 10.1. The average Bonchev–Trinajstić information content (AvgIpc) is 2.80. The van der Waals surface area contributed by atoms with E-state index in [0.29, 0.717) is 18.2 Å². The van der Waals surface area contributed by atoms with Crippen molar-refractivity contribution in [3.05, 3.63) is 47.3 Å². The maximum atomic E-state index is 8.75. The highest BCUT2D eigenvalue weighted by Gasteiger charge is 2.29. The highest BCUT2D eigenvalue weighted by atomic mass is 16.5. The Balaban J connectivity index is 1.41. The topological polar surface area (TPSA) is 54.1 Å². The molecule has 1 aliphatic rings. The van der Waals surface area contributed by atoms with Gasteiger partial charge in [-0.1, -0.05) is 0 Å². The molecule has 0 N–H and O–H groups in total. The lowest BCUT2D eigenvalue weighted by Crippen LogP contribution is -2.49. The Morgan fingerprint density at radius 1 is 1.27 bits per heavy atom. The number of hydrogen-bond donors (Lipinski definition) is 0. The number of likely N-dealkylation sites (tertiary alicyclic amines) is 1. The van der Waals surface area contributed by atoms with E-state index < -0.39 is 0 Å². The Morgan fingerprint density at radius 3 is 2.59 bits per heavy atom. The number of aromatic nitrogens is 2. The molecule has 0 atom stereocenters. The van der Waals surface area contributed by atoms with Gasteiger partial charge in [-0.15, -0.1) is 0 Å². The van der Waals surface area contributed by atoms with Crippen molar-refractivity contribution in [3.63, 3.8) is 0 Å². The van der Waals surface area contributed by atoms with E-state index in [9.17, 15) is 0 Å². The van der Waals surface area contributed by atoms with Crippen LogP contribution in [-0.4, -0.2) is 40.9 Å². The number of ether oxygens (including phenoxy) is 1. The molecule has 5 heteroatoms. The third-order valence-corrected chi connectivity index (χ3v) is 3.99. The van der Waals surface area contributed by atoms with Gasteiger partial charge in [-0.3, -0.25) is 9.58 Å². The minimum Gasteiger partial charge on any atom is -0.492 e. The van der Waals surface area contributed by atoms with Crippen molar-refractivity contribution < 1.29 is 4.74 Å². The van der Waals surface area contributed by atoms with Crippen LogP contribution in [-0.2, 0) is 0 Å². The van der Waals surface area contributed by atoms with Crippen molar-refractivity contribution in [1.82, 2.24) is 14.7 Å². The van der Waals surface area contributed by atoms with Crippen LogP contribution >= 0.6 is 0 Å². The normalized spacial score (nSPS) is 15.3. The van der Waals surface area contributed by atoms with Crippen LogP contribution in [0.3, 0.4) is 0 Å². The number of hydrogen-bond acceptors (Lipinski definition) is 4. The first-order chi connectivity index (χ1) is 10.7. The van der Waals surface area contributed by atoms with E-state index in [1.54, 1.807) is 12.1 Å². The molecule has 0 saturated carbocycles. The van der Waals surface area contributed by atoms with Gasteiger partial charge in [0, 0.05) is 25.3 Å². The van der Waals surface area contributed by atoms with Gasteiger partial charge in [0.2, 0.25) is 0 Å². The quantitative estimate of drug-likeness (QED) is 0.849. The van der Waals surface area contributed by atoms with Crippen LogP contribution < -0.4 is 4.74 Å². The molecular formula is C17H20N4O. The van der Waals surface area contributed by atoms with Crippen molar-refractivity contribution in [1.29, 1.82) is 5.26 Å². The van der Waals surface area contributed by atoms with Gasteiger partial charge in [0.05, 0.1) is 23.4 Å². The predicted molar refractivity (Wildman–Crippen MR) is 83.8 cm³/mol. The molecular weight excluding hydrogens is 276 g/mol. The molecule has 0 unspecified atom stereocenters. The summed E-state index contributed by atoms with van der Waals surface area (Å²) in [7, 11) is 0. The number of nitrogens with zero attached hydrogens (tertiary/aromatic N) is 4. The molecule has 0 spiro atoms. The first-order valence-corrected chi connectivity index (χ1v) is 7.54. The third kappa shape index (κ3) is 3.12. The number of aryl methyl sites for hydroxylation is 2. The number of benzene rings is 1. The molecule has 1 fully saturated rings. The maximum absolute atomic E-state index is 8.75. The van der Waals surface area contributed by atoms with E-state index >= 15 is 0 Å². The van der Waals surface area contributed by atoms with Crippen molar-refractivity contribution in [3.8, 4) is 11.8 Å². The molecule has 3 rings (SSSR count). The molecule has 2 heterocycles. The van der Waals surface area contributed by atoms with E-state index in [2.05, 4.69) is 33.7 Å². The SMILES string of the molecule is Cc1cc(C)n(C2CN(CCOc3ccc(C#N)cc3)C2)n1. The Morgan fingerprint density at radius 2 is 2.00 bits per heavy atom. The molecule has 0 bridgehead atoms. The van der Waals surface area contributed by atoms with Gasteiger partial charge >= 0.3 is 0 Å². The fourth-order valence-electron chi connectivity index (χ4n) is 2.81. The van der Waals surface area contributed by atoms with Crippen LogP contribution in [0.25, 0.3) is 0 Å². The van der Waals surface area contributed by atoms with Crippen molar-refractivity contribution in [2.24, 2.45) is 0 Å². The van der Waals surface area contributed by atoms with Gasteiger partial charge in [0.25, 0.3) is 0 Å². The summed E-state index contributed by atoms with van der Waals surface area (Å²) in [5.41, 5.74) is 2.97. The van der Waals surface area contributed by atoms with E-state index in [1.807, 2.05) is 19.1 Å². The molecule has 1 aliphatic heterocycles. The standard InChI is InChI=1S/C17H20N4O/c1-13-9-14(2)21(19-13)16-11-20(12-16)7-8-22-17-5-3-15(10-18)4-6-17/h3-6,9,16H,7-8,11-12H2,1-2H3. The van der Waals surface area contributed by atoms with Crippen LogP contribution in [0.5, 0.6) is 5.75 Å². The zero-order valence-corrected chi connectivity index (χ0v) is 13.0. The molecule has 0 aliphatic carbocycles. The Hall–Kier alpha value is -2.32. The monoisotopic (exact) mass is 296 g/mol. The maximum Gasteiger partial charge on any atom is 0.119 e. The fourth-order valence-corrected chi connectivity index (χ4v) is 2.81. The molecule has 2 aromatic rings. The van der Waals surface area contributed by atoms with Gasteiger partial charge in [-0.2, -0.15) is 10.4 Å². The summed E-state index contributed by atoms with van der Waals surface area (Å²) in [6.45, 7) is 7.77. The van der Waals surface area contributed by atoms with Crippen molar-refractivity contribution >= 4 is 0 Å². The Bertz CT molecular complexity index is 678. The summed E-state index contributed by atoms with van der Waals surface area (Å²) in [6.07, 6.45) is 0. The Labute approximate surface area is 130 Å². The average molecular weight is 296 g/mol. The summed E-state index contributed by atoms with van der Waals surface area (Å²) in [4.78, 5) is 2.37. The summed E-state index contributed by atoms with van der Waals surface area (Å²) in [5.74, 6) is 0.814. The van der Waals surface area contributed by atoms with Crippen LogP contribution in [0.2, 0.25) is 0 Å². The second kappa shape index (κ2) is 6.20. The van der Waals surface area contributed by atoms with Crippen LogP contribution in [0.15, 0.2) is 30.3 Å². The fraction of sp³-hybridized carbons (Fsp3) is 0.412. The Kier molecular flexibility index (Phi) is 4.12. The molecule has 0 radical (unpaired) electrons. The van der Waals surface area contributed by atoms with Crippen LogP contribution in [0, 0.1) is 25.2 Å². The van der Waals surface area contributed by atoms with E-state index in [-0.39, 0.29) is 0 Å². The molecule has 0 amide bonds. The zero-order chi connectivity index (χ0) is 15.5. The molecule has 114 valence electrons. The van der Waals surface area contributed by atoms with E-state index in [0.717, 1.165) is 31.1 Å². The smallest absolute Gasteiger partial charge is 0.119 e. The first kappa shape index (κ1) is 14.6. The van der Waals surface area contributed by atoms with Crippen molar-refractivity contribution in [2.45, 2.75) is 19.9 Å². The van der Waals surface area contributed by atoms with Gasteiger partial charge in [0.1, 0.15) is 12.4 Å².